The molecule has 0 radical (unpaired) electrons. The van der Waals surface area contributed by atoms with Gasteiger partial charge in [-0.3, -0.25) is 0 Å². The van der Waals surface area contributed by atoms with Gasteiger partial charge < -0.3 is 15.4 Å². The number of nitrogen functional groups attached to an aromatic ring is 1. The molecule has 0 saturated carbocycles. The molecule has 1 aromatic heterocycles. The number of anilines is 1. The molecule has 1 aliphatic carbocycles. The molecule has 0 unspecified atom stereocenters. The van der Waals surface area contributed by atoms with E-state index in [1.807, 2.05) is 0 Å². The SMILES string of the molecule is CCCCOc1nc(N)c2c(n1)C(Cc1ccc3c(c1)CCN(C)C3)=CC2. The van der Waals surface area contributed by atoms with E-state index in [2.05, 4.69) is 53.1 Å². The largest absolute Gasteiger partial charge is 0.463 e. The average molecular weight is 364 g/mol. The normalized spacial score (nSPS) is 16.0. The third kappa shape index (κ3) is 3.83. The molecule has 0 spiro atoms. The average Bonchev–Trinajstić information content (AvgIpc) is 3.05. The molecule has 2 aromatic rings. The van der Waals surface area contributed by atoms with Crippen molar-refractivity contribution in [1.82, 2.24) is 14.9 Å². The summed E-state index contributed by atoms with van der Waals surface area (Å²) in [6.07, 6.45) is 7.12. The second-order valence-corrected chi connectivity index (χ2v) is 7.62. The highest BCUT2D eigenvalue weighted by molar-refractivity contribution is 5.75. The van der Waals surface area contributed by atoms with Gasteiger partial charge in [0.25, 0.3) is 0 Å². The Kier molecular flexibility index (Phi) is 5.12. The number of fused-ring (bicyclic) bond motifs is 2. The number of likely N-dealkylation sites (N-methyl/N-ethyl adjacent to an activating group) is 1. The van der Waals surface area contributed by atoms with Crippen LogP contribution in [0.1, 0.15) is 47.7 Å². The molecule has 2 aliphatic rings. The molecular weight excluding hydrogens is 336 g/mol. The third-order valence-corrected chi connectivity index (χ3v) is 5.47. The number of benzene rings is 1. The van der Waals surface area contributed by atoms with Crippen LogP contribution >= 0.6 is 0 Å². The zero-order valence-corrected chi connectivity index (χ0v) is 16.3. The highest BCUT2D eigenvalue weighted by Crippen LogP contribution is 2.33. The zero-order valence-electron chi connectivity index (χ0n) is 16.3. The van der Waals surface area contributed by atoms with Crippen molar-refractivity contribution in [2.75, 3.05) is 25.9 Å². The Bertz CT molecular complexity index is 875. The lowest BCUT2D eigenvalue weighted by Crippen LogP contribution is -2.26. The van der Waals surface area contributed by atoms with E-state index in [0.29, 0.717) is 18.4 Å². The molecule has 2 heterocycles. The van der Waals surface area contributed by atoms with Gasteiger partial charge >= 0.3 is 6.01 Å². The third-order valence-electron chi connectivity index (χ3n) is 5.47. The summed E-state index contributed by atoms with van der Waals surface area (Å²) in [6, 6.07) is 7.30. The lowest BCUT2D eigenvalue weighted by atomic mass is 9.94. The molecule has 27 heavy (non-hydrogen) atoms. The van der Waals surface area contributed by atoms with Gasteiger partial charge in [0.05, 0.1) is 12.3 Å². The fraction of sp³-hybridized carbons (Fsp3) is 0.455. The van der Waals surface area contributed by atoms with E-state index in [9.17, 15) is 0 Å². The highest BCUT2D eigenvalue weighted by Gasteiger charge is 2.22. The molecule has 0 fully saturated rings. The van der Waals surface area contributed by atoms with Gasteiger partial charge in [-0.2, -0.15) is 9.97 Å². The summed E-state index contributed by atoms with van der Waals surface area (Å²) in [5.74, 6) is 0.547. The van der Waals surface area contributed by atoms with Crippen molar-refractivity contribution in [2.45, 2.75) is 45.6 Å². The number of nitrogens with zero attached hydrogens (tertiary/aromatic N) is 3. The van der Waals surface area contributed by atoms with E-state index in [4.69, 9.17) is 10.5 Å². The quantitative estimate of drug-likeness (QED) is 0.796. The van der Waals surface area contributed by atoms with Crippen molar-refractivity contribution in [1.29, 1.82) is 0 Å². The first-order valence-electron chi connectivity index (χ1n) is 9.92. The van der Waals surface area contributed by atoms with Gasteiger partial charge in [0, 0.05) is 18.7 Å². The summed E-state index contributed by atoms with van der Waals surface area (Å²) >= 11 is 0. The van der Waals surface area contributed by atoms with Crippen molar-refractivity contribution in [3.63, 3.8) is 0 Å². The van der Waals surface area contributed by atoms with Crippen LogP contribution in [0.5, 0.6) is 6.01 Å². The standard InChI is InChI=1S/C22H28N4O/c1-3-4-11-27-22-24-20-17(7-8-19(20)21(23)25-22)13-15-5-6-18-14-26(2)10-9-16(18)12-15/h5-7,12H,3-4,8-11,13-14H2,1-2H3,(H2,23,24,25). The maximum atomic E-state index is 6.17. The van der Waals surface area contributed by atoms with Gasteiger partial charge in [0.2, 0.25) is 0 Å². The maximum Gasteiger partial charge on any atom is 0.318 e. The summed E-state index contributed by atoms with van der Waals surface area (Å²) in [6.45, 7) is 4.94. The van der Waals surface area contributed by atoms with Crippen LogP contribution in [0.2, 0.25) is 0 Å². The molecule has 1 aliphatic heterocycles. The fourth-order valence-corrected chi connectivity index (χ4v) is 3.87. The first kappa shape index (κ1) is 18.0. The minimum atomic E-state index is 0.404. The second-order valence-electron chi connectivity index (χ2n) is 7.62. The zero-order chi connectivity index (χ0) is 18.8. The Hall–Kier alpha value is -2.40. The number of rotatable bonds is 6. The van der Waals surface area contributed by atoms with Crippen LogP contribution in [-0.4, -0.2) is 35.1 Å². The molecular formula is C22H28N4O. The predicted octanol–water partition coefficient (Wildman–Crippen LogP) is 3.41. The molecule has 0 atom stereocenters. The second kappa shape index (κ2) is 7.69. The number of hydrogen-bond acceptors (Lipinski definition) is 5. The van der Waals surface area contributed by atoms with E-state index < -0.39 is 0 Å². The van der Waals surface area contributed by atoms with E-state index in [-0.39, 0.29) is 0 Å². The smallest absolute Gasteiger partial charge is 0.318 e. The van der Waals surface area contributed by atoms with Crippen LogP contribution in [0.3, 0.4) is 0 Å². The van der Waals surface area contributed by atoms with E-state index in [0.717, 1.165) is 56.5 Å². The number of aromatic nitrogens is 2. The monoisotopic (exact) mass is 364 g/mol. The van der Waals surface area contributed by atoms with Crippen molar-refractivity contribution in [3.05, 3.63) is 52.2 Å². The maximum absolute atomic E-state index is 6.17. The number of allylic oxidation sites excluding steroid dienone is 2. The summed E-state index contributed by atoms with van der Waals surface area (Å²) in [7, 11) is 2.18. The number of unbranched alkanes of at least 4 members (excludes halogenated alkanes) is 1. The topological polar surface area (TPSA) is 64.3 Å². The minimum Gasteiger partial charge on any atom is -0.463 e. The van der Waals surface area contributed by atoms with Crippen LogP contribution in [0.4, 0.5) is 5.82 Å². The van der Waals surface area contributed by atoms with E-state index >= 15 is 0 Å². The summed E-state index contributed by atoms with van der Waals surface area (Å²) < 4.78 is 5.70. The number of hydrogen-bond donors (Lipinski definition) is 1. The van der Waals surface area contributed by atoms with E-state index in [1.54, 1.807) is 0 Å². The first-order valence-corrected chi connectivity index (χ1v) is 9.92. The van der Waals surface area contributed by atoms with Crippen LogP contribution in [0, 0.1) is 0 Å². The first-order chi connectivity index (χ1) is 13.1. The van der Waals surface area contributed by atoms with Gasteiger partial charge in [-0.1, -0.05) is 37.6 Å². The molecule has 1 aromatic carbocycles. The Morgan fingerprint density at radius 2 is 2.11 bits per heavy atom. The Balaban J connectivity index is 1.54. The lowest BCUT2D eigenvalue weighted by Gasteiger charge is -2.25. The van der Waals surface area contributed by atoms with Crippen LogP contribution in [0.25, 0.3) is 5.57 Å². The van der Waals surface area contributed by atoms with Gasteiger partial charge in [0.15, 0.2) is 0 Å². The molecule has 2 N–H and O–H groups in total. The van der Waals surface area contributed by atoms with Crippen molar-refractivity contribution in [2.24, 2.45) is 0 Å². The summed E-state index contributed by atoms with van der Waals surface area (Å²) in [4.78, 5) is 11.4. The van der Waals surface area contributed by atoms with Crippen molar-refractivity contribution in [3.8, 4) is 6.01 Å². The fourth-order valence-electron chi connectivity index (χ4n) is 3.87. The minimum absolute atomic E-state index is 0.404. The molecule has 0 bridgehead atoms. The Morgan fingerprint density at radius 3 is 2.96 bits per heavy atom. The van der Waals surface area contributed by atoms with Gasteiger partial charge in [0.1, 0.15) is 5.82 Å². The molecule has 5 nitrogen and oxygen atoms in total. The summed E-state index contributed by atoms with van der Waals surface area (Å²) in [5, 5.41) is 0. The number of nitrogens with two attached hydrogens (primary N) is 1. The van der Waals surface area contributed by atoms with Crippen LogP contribution in [0.15, 0.2) is 24.3 Å². The predicted molar refractivity (Wildman–Crippen MR) is 109 cm³/mol. The molecule has 142 valence electrons. The summed E-state index contributed by atoms with van der Waals surface area (Å²) in [5.41, 5.74) is 13.7. The molecule has 4 rings (SSSR count). The van der Waals surface area contributed by atoms with Crippen LogP contribution in [-0.2, 0) is 25.8 Å². The molecule has 0 saturated heterocycles. The Morgan fingerprint density at radius 1 is 1.22 bits per heavy atom. The number of ether oxygens (including phenoxy) is 1. The van der Waals surface area contributed by atoms with Gasteiger partial charge in [-0.05, 0) is 55.0 Å². The molecule has 0 amide bonds. The Labute approximate surface area is 161 Å². The van der Waals surface area contributed by atoms with Gasteiger partial charge in [-0.15, -0.1) is 0 Å². The highest BCUT2D eigenvalue weighted by atomic mass is 16.5. The molecule has 5 heteroatoms. The van der Waals surface area contributed by atoms with E-state index in [1.165, 1.54) is 22.3 Å². The van der Waals surface area contributed by atoms with Crippen molar-refractivity contribution >= 4 is 11.4 Å². The van der Waals surface area contributed by atoms with Gasteiger partial charge in [-0.25, -0.2) is 0 Å². The van der Waals surface area contributed by atoms with Crippen molar-refractivity contribution < 1.29 is 4.74 Å². The van der Waals surface area contributed by atoms with Crippen LogP contribution < -0.4 is 10.5 Å². The lowest BCUT2D eigenvalue weighted by molar-refractivity contribution is 0.285.